The molecule has 1 aliphatic carbocycles. The van der Waals surface area contributed by atoms with E-state index in [0.29, 0.717) is 0 Å². The van der Waals surface area contributed by atoms with Crippen molar-refractivity contribution in [1.82, 2.24) is 4.31 Å². The Kier molecular flexibility index (Phi) is 4.56. The monoisotopic (exact) mass is 205 g/mol. The standard InChI is InChI=1S/C9H16FNOS/c1-2-13-11(9(10)12)8-6-4-3-5-7-8/h8H,2-7H2,1H3. The SMILES string of the molecule is CCSN(C(=O)F)C1CCCCC1. The Hall–Kier alpha value is -0.250. The molecule has 1 amide bonds. The molecule has 0 saturated heterocycles. The van der Waals surface area contributed by atoms with Crippen molar-refractivity contribution in [2.24, 2.45) is 0 Å². The summed E-state index contributed by atoms with van der Waals surface area (Å²) in [6.45, 7) is 1.93. The lowest BCUT2D eigenvalue weighted by Crippen LogP contribution is -2.33. The van der Waals surface area contributed by atoms with Crippen LogP contribution in [0.2, 0.25) is 0 Å². The van der Waals surface area contributed by atoms with Crippen molar-refractivity contribution < 1.29 is 9.18 Å². The average Bonchev–Trinajstić information content (AvgIpc) is 2.15. The third-order valence-electron chi connectivity index (χ3n) is 2.35. The Morgan fingerprint density at radius 1 is 1.46 bits per heavy atom. The number of amides is 1. The van der Waals surface area contributed by atoms with E-state index in [2.05, 4.69) is 0 Å². The average molecular weight is 205 g/mol. The van der Waals surface area contributed by atoms with E-state index in [1.165, 1.54) is 22.7 Å². The first kappa shape index (κ1) is 10.8. The van der Waals surface area contributed by atoms with Crippen molar-refractivity contribution in [2.45, 2.75) is 45.1 Å². The molecule has 2 nitrogen and oxygen atoms in total. The summed E-state index contributed by atoms with van der Waals surface area (Å²) < 4.78 is 13.9. The first-order valence-electron chi connectivity index (χ1n) is 4.87. The highest BCUT2D eigenvalue weighted by molar-refractivity contribution is 7.97. The van der Waals surface area contributed by atoms with Gasteiger partial charge in [0.1, 0.15) is 0 Å². The maximum Gasteiger partial charge on any atom is 0.410 e. The van der Waals surface area contributed by atoms with Gasteiger partial charge in [0, 0.05) is 11.8 Å². The maximum absolute atomic E-state index is 12.6. The Morgan fingerprint density at radius 3 is 2.54 bits per heavy atom. The van der Waals surface area contributed by atoms with E-state index >= 15 is 0 Å². The molecule has 0 aromatic rings. The molecule has 0 heterocycles. The Morgan fingerprint density at radius 2 is 2.08 bits per heavy atom. The predicted molar refractivity (Wildman–Crippen MR) is 53.3 cm³/mol. The predicted octanol–water partition coefficient (Wildman–Crippen LogP) is 3.38. The molecule has 0 unspecified atom stereocenters. The van der Waals surface area contributed by atoms with Crippen LogP contribution in [0.4, 0.5) is 9.18 Å². The molecule has 0 N–H and O–H groups in total. The molecule has 1 fully saturated rings. The van der Waals surface area contributed by atoms with E-state index < -0.39 is 6.16 Å². The number of halogens is 1. The molecule has 0 aromatic heterocycles. The van der Waals surface area contributed by atoms with Crippen LogP contribution in [0.15, 0.2) is 0 Å². The van der Waals surface area contributed by atoms with Crippen molar-refractivity contribution in [3.8, 4) is 0 Å². The highest BCUT2D eigenvalue weighted by Crippen LogP contribution is 2.27. The fraction of sp³-hybridized carbons (Fsp3) is 0.889. The van der Waals surface area contributed by atoms with Crippen molar-refractivity contribution in [2.75, 3.05) is 5.75 Å². The number of rotatable bonds is 3. The van der Waals surface area contributed by atoms with Gasteiger partial charge >= 0.3 is 6.16 Å². The summed E-state index contributed by atoms with van der Waals surface area (Å²) in [5.74, 6) is 0.756. The van der Waals surface area contributed by atoms with Crippen LogP contribution in [0.1, 0.15) is 39.0 Å². The molecular formula is C9H16FNOS. The third kappa shape index (κ3) is 3.18. The summed E-state index contributed by atoms with van der Waals surface area (Å²) in [6.07, 6.45) is 4.11. The van der Waals surface area contributed by atoms with E-state index in [4.69, 9.17) is 0 Å². The van der Waals surface area contributed by atoms with E-state index in [9.17, 15) is 9.18 Å². The Labute approximate surface area is 83.0 Å². The molecule has 0 atom stereocenters. The molecule has 0 radical (unpaired) electrons. The highest BCUT2D eigenvalue weighted by Gasteiger charge is 2.25. The highest BCUT2D eigenvalue weighted by atomic mass is 32.2. The van der Waals surface area contributed by atoms with Gasteiger partial charge < -0.3 is 0 Å². The normalized spacial score (nSPS) is 18.6. The molecular weight excluding hydrogens is 189 g/mol. The number of hydrogen-bond donors (Lipinski definition) is 0. The van der Waals surface area contributed by atoms with Crippen LogP contribution >= 0.6 is 11.9 Å². The largest absolute Gasteiger partial charge is 0.410 e. The van der Waals surface area contributed by atoms with Gasteiger partial charge in [-0.25, -0.2) is 4.79 Å². The van der Waals surface area contributed by atoms with Crippen molar-refractivity contribution in [1.29, 1.82) is 0 Å². The zero-order valence-corrected chi connectivity index (χ0v) is 8.78. The Bertz CT molecular complexity index is 171. The van der Waals surface area contributed by atoms with E-state index in [1.54, 1.807) is 0 Å². The zero-order valence-electron chi connectivity index (χ0n) is 7.96. The molecule has 0 aliphatic heterocycles. The van der Waals surface area contributed by atoms with Gasteiger partial charge in [-0.05, 0) is 24.8 Å². The van der Waals surface area contributed by atoms with E-state index in [1.807, 2.05) is 6.92 Å². The van der Waals surface area contributed by atoms with Crippen LogP contribution < -0.4 is 0 Å². The fourth-order valence-corrected chi connectivity index (χ4v) is 2.56. The van der Waals surface area contributed by atoms with E-state index in [0.717, 1.165) is 31.4 Å². The molecule has 76 valence electrons. The lowest BCUT2D eigenvalue weighted by atomic mass is 9.96. The molecule has 4 heteroatoms. The summed E-state index contributed by atoms with van der Waals surface area (Å²) in [4.78, 5) is 10.7. The summed E-state index contributed by atoms with van der Waals surface area (Å²) in [6, 6.07) is 0.135. The quantitative estimate of drug-likeness (QED) is 0.400. The minimum atomic E-state index is -1.28. The molecule has 0 bridgehead atoms. The molecule has 1 aliphatic rings. The Balaban J connectivity index is 2.46. The van der Waals surface area contributed by atoms with Gasteiger partial charge in [0.25, 0.3) is 0 Å². The zero-order chi connectivity index (χ0) is 9.68. The molecule has 1 saturated carbocycles. The smallest absolute Gasteiger partial charge is 0.255 e. The summed E-state index contributed by atoms with van der Waals surface area (Å²) in [5.41, 5.74) is 0. The first-order valence-corrected chi connectivity index (χ1v) is 5.81. The van der Waals surface area contributed by atoms with Gasteiger partial charge in [0.2, 0.25) is 0 Å². The molecule has 13 heavy (non-hydrogen) atoms. The van der Waals surface area contributed by atoms with Gasteiger partial charge in [0.05, 0.1) is 0 Å². The van der Waals surface area contributed by atoms with Gasteiger partial charge in [-0.2, -0.15) is 0 Å². The van der Waals surface area contributed by atoms with Crippen molar-refractivity contribution in [3.05, 3.63) is 0 Å². The second-order valence-corrected chi connectivity index (χ2v) is 4.52. The summed E-state index contributed by atoms with van der Waals surface area (Å²) >= 11 is 1.30. The van der Waals surface area contributed by atoms with Crippen LogP contribution in [-0.4, -0.2) is 22.3 Å². The molecule has 1 rings (SSSR count). The number of hydrogen-bond acceptors (Lipinski definition) is 2. The second kappa shape index (κ2) is 5.47. The van der Waals surface area contributed by atoms with Gasteiger partial charge in [-0.3, -0.25) is 4.31 Å². The van der Waals surface area contributed by atoms with E-state index in [-0.39, 0.29) is 6.04 Å². The van der Waals surface area contributed by atoms with Gasteiger partial charge in [-0.15, -0.1) is 4.39 Å². The third-order valence-corrected chi connectivity index (χ3v) is 3.33. The van der Waals surface area contributed by atoms with Crippen LogP contribution in [0.25, 0.3) is 0 Å². The number of carbonyl (C=O) groups is 1. The van der Waals surface area contributed by atoms with Crippen LogP contribution in [0.3, 0.4) is 0 Å². The lowest BCUT2D eigenvalue weighted by Gasteiger charge is -2.30. The number of carbonyl (C=O) groups excluding carboxylic acids is 1. The van der Waals surface area contributed by atoms with Gasteiger partial charge in [0.15, 0.2) is 0 Å². The van der Waals surface area contributed by atoms with Gasteiger partial charge in [-0.1, -0.05) is 26.2 Å². The maximum atomic E-state index is 12.6. The number of nitrogens with zero attached hydrogens (tertiary/aromatic N) is 1. The van der Waals surface area contributed by atoms with Crippen LogP contribution in [-0.2, 0) is 0 Å². The van der Waals surface area contributed by atoms with Crippen molar-refractivity contribution >= 4 is 18.1 Å². The van der Waals surface area contributed by atoms with Crippen molar-refractivity contribution in [3.63, 3.8) is 0 Å². The minimum Gasteiger partial charge on any atom is -0.255 e. The van der Waals surface area contributed by atoms with Crippen LogP contribution in [0.5, 0.6) is 0 Å². The topological polar surface area (TPSA) is 20.3 Å². The fourth-order valence-electron chi connectivity index (χ4n) is 1.75. The van der Waals surface area contributed by atoms with Crippen LogP contribution in [0, 0.1) is 0 Å². The molecule has 0 spiro atoms. The summed E-state index contributed by atoms with van der Waals surface area (Å²) in [5, 5.41) is 0. The molecule has 0 aromatic carbocycles. The first-order chi connectivity index (χ1) is 6.25. The second-order valence-electron chi connectivity index (χ2n) is 3.29. The lowest BCUT2D eigenvalue weighted by molar-refractivity contribution is 0.184. The summed E-state index contributed by atoms with van der Waals surface area (Å²) in [7, 11) is 0. The minimum absolute atomic E-state index is 0.135.